The van der Waals surface area contributed by atoms with Gasteiger partial charge in [-0.2, -0.15) is 0 Å². The average molecular weight is 174 g/mol. The van der Waals surface area contributed by atoms with E-state index in [2.05, 4.69) is 4.74 Å². The number of halogens is 1. The van der Waals surface area contributed by atoms with Crippen molar-refractivity contribution in [3.05, 3.63) is 0 Å². The Kier molecular flexibility index (Phi) is 1.46. The van der Waals surface area contributed by atoms with E-state index in [1.165, 1.54) is 7.11 Å². The number of esters is 1. The predicted molar refractivity (Wildman–Crippen MR) is 38.1 cm³/mol. The Morgan fingerprint density at radius 1 is 1.67 bits per heavy atom. The molecule has 68 valence electrons. The van der Waals surface area contributed by atoms with Gasteiger partial charge in [-0.15, -0.1) is 0 Å². The van der Waals surface area contributed by atoms with E-state index in [-0.39, 0.29) is 5.92 Å². The van der Waals surface area contributed by atoms with Crippen molar-refractivity contribution in [2.24, 2.45) is 11.8 Å². The number of ether oxygens (including phenoxy) is 1. The maximum Gasteiger partial charge on any atom is 0.344 e. The van der Waals surface area contributed by atoms with Gasteiger partial charge in [0.1, 0.15) is 0 Å². The first kappa shape index (κ1) is 7.98. The molecule has 3 nitrogen and oxygen atoms in total. The van der Waals surface area contributed by atoms with Crippen LogP contribution in [0, 0.1) is 11.8 Å². The number of carbonyl (C=O) groups is 1. The van der Waals surface area contributed by atoms with Gasteiger partial charge in [-0.1, -0.05) is 0 Å². The zero-order valence-electron chi connectivity index (χ0n) is 6.79. The lowest BCUT2D eigenvalue weighted by Crippen LogP contribution is -2.28. The summed E-state index contributed by atoms with van der Waals surface area (Å²) in [4.78, 5) is 10.9. The van der Waals surface area contributed by atoms with Crippen LogP contribution in [0.5, 0.6) is 0 Å². The van der Waals surface area contributed by atoms with Gasteiger partial charge in [0.15, 0.2) is 0 Å². The van der Waals surface area contributed by atoms with Crippen molar-refractivity contribution in [1.29, 1.82) is 0 Å². The second-order valence-corrected chi connectivity index (χ2v) is 3.54. The number of aliphatic hydroxyl groups excluding tert-OH is 1. The molecule has 0 aromatic rings. The molecule has 0 bridgehead atoms. The molecule has 0 saturated heterocycles. The van der Waals surface area contributed by atoms with Crippen molar-refractivity contribution in [1.82, 2.24) is 0 Å². The summed E-state index contributed by atoms with van der Waals surface area (Å²) in [6, 6.07) is 0. The van der Waals surface area contributed by atoms with E-state index in [1.54, 1.807) is 0 Å². The molecule has 0 radical (unpaired) electrons. The molecule has 0 aromatic carbocycles. The number of hydrogen-bond donors (Lipinski definition) is 1. The van der Waals surface area contributed by atoms with E-state index >= 15 is 0 Å². The van der Waals surface area contributed by atoms with Crippen molar-refractivity contribution >= 4 is 5.97 Å². The number of methoxy groups -OCH3 is 1. The van der Waals surface area contributed by atoms with Crippen LogP contribution in [0.15, 0.2) is 0 Å². The quantitative estimate of drug-likeness (QED) is 0.580. The largest absolute Gasteiger partial charge is 0.467 e. The molecule has 0 unspecified atom stereocenters. The zero-order chi connectivity index (χ0) is 8.93. The number of alkyl halides is 1. The molecule has 2 rings (SSSR count). The number of rotatable bonds is 1. The van der Waals surface area contributed by atoms with E-state index in [9.17, 15) is 14.3 Å². The molecule has 0 aliphatic heterocycles. The van der Waals surface area contributed by atoms with E-state index in [0.29, 0.717) is 12.8 Å². The fraction of sp³-hybridized carbons (Fsp3) is 0.875. The highest BCUT2D eigenvalue weighted by atomic mass is 19.1. The Bertz CT molecular complexity index is 230. The zero-order valence-corrected chi connectivity index (χ0v) is 6.79. The summed E-state index contributed by atoms with van der Waals surface area (Å²) in [6.07, 6.45) is 0.550. The predicted octanol–water partition coefficient (Wildman–Crippen LogP) is 0.268. The van der Waals surface area contributed by atoms with Crippen molar-refractivity contribution in [2.45, 2.75) is 24.6 Å². The summed E-state index contributed by atoms with van der Waals surface area (Å²) in [5.74, 6) is -1.61. The fourth-order valence-corrected chi connectivity index (χ4v) is 2.36. The molecule has 2 saturated carbocycles. The molecule has 2 aliphatic carbocycles. The SMILES string of the molecule is COC(=O)[C@@]1(F)[C@@H]2[C@@H](O)CC[C@@H]21. The molecule has 0 spiro atoms. The molecule has 1 N–H and O–H groups in total. The first-order valence-electron chi connectivity index (χ1n) is 4.07. The van der Waals surface area contributed by atoms with Crippen LogP contribution in [0.2, 0.25) is 0 Å². The molecule has 2 aliphatic rings. The van der Waals surface area contributed by atoms with Gasteiger partial charge in [0.25, 0.3) is 0 Å². The van der Waals surface area contributed by atoms with Gasteiger partial charge in [0.05, 0.1) is 13.2 Å². The summed E-state index contributed by atoms with van der Waals surface area (Å²) < 4.78 is 18.0. The van der Waals surface area contributed by atoms with Gasteiger partial charge in [-0.3, -0.25) is 0 Å². The second kappa shape index (κ2) is 2.19. The summed E-state index contributed by atoms with van der Waals surface area (Å²) >= 11 is 0. The lowest BCUT2D eigenvalue weighted by Gasteiger charge is -2.11. The van der Waals surface area contributed by atoms with Crippen molar-refractivity contribution in [2.75, 3.05) is 7.11 Å². The highest BCUT2D eigenvalue weighted by molar-refractivity contribution is 5.85. The molecule has 4 heteroatoms. The third kappa shape index (κ3) is 0.710. The molecular weight excluding hydrogens is 163 g/mol. The van der Waals surface area contributed by atoms with Crippen LogP contribution in [0.4, 0.5) is 4.39 Å². The molecule has 4 atom stereocenters. The third-order valence-corrected chi connectivity index (χ3v) is 3.04. The summed E-state index contributed by atoms with van der Waals surface area (Å²) in [7, 11) is 1.17. The smallest absolute Gasteiger partial charge is 0.344 e. The highest BCUT2D eigenvalue weighted by Gasteiger charge is 2.76. The molecule has 0 aromatic heterocycles. The van der Waals surface area contributed by atoms with Crippen LogP contribution in [-0.2, 0) is 9.53 Å². The normalized spacial score (nSPS) is 50.1. The second-order valence-electron chi connectivity index (χ2n) is 3.54. The van der Waals surface area contributed by atoms with Crippen LogP contribution in [0.1, 0.15) is 12.8 Å². The van der Waals surface area contributed by atoms with E-state index in [1.807, 2.05) is 0 Å². The molecule has 0 heterocycles. The van der Waals surface area contributed by atoms with E-state index < -0.39 is 23.7 Å². The van der Waals surface area contributed by atoms with Gasteiger partial charge < -0.3 is 9.84 Å². The number of carbonyl (C=O) groups excluding carboxylic acids is 1. The minimum Gasteiger partial charge on any atom is -0.467 e. The minimum atomic E-state index is -1.87. The van der Waals surface area contributed by atoms with Gasteiger partial charge in [0, 0.05) is 11.8 Å². The first-order valence-corrected chi connectivity index (χ1v) is 4.07. The summed E-state index contributed by atoms with van der Waals surface area (Å²) in [5, 5.41) is 9.27. The summed E-state index contributed by atoms with van der Waals surface area (Å²) in [6.45, 7) is 0. The maximum atomic E-state index is 13.6. The van der Waals surface area contributed by atoms with Crippen LogP contribution >= 0.6 is 0 Å². The van der Waals surface area contributed by atoms with Gasteiger partial charge in [-0.25, -0.2) is 9.18 Å². The van der Waals surface area contributed by atoms with Gasteiger partial charge in [-0.05, 0) is 12.8 Å². The third-order valence-electron chi connectivity index (χ3n) is 3.04. The molecule has 2 fully saturated rings. The van der Waals surface area contributed by atoms with Crippen molar-refractivity contribution in [3.63, 3.8) is 0 Å². The number of hydrogen-bond acceptors (Lipinski definition) is 3. The number of aliphatic hydroxyl groups is 1. The van der Waals surface area contributed by atoms with Crippen LogP contribution < -0.4 is 0 Å². The van der Waals surface area contributed by atoms with Crippen molar-refractivity contribution in [3.8, 4) is 0 Å². The topological polar surface area (TPSA) is 46.5 Å². The van der Waals surface area contributed by atoms with E-state index in [4.69, 9.17) is 0 Å². The Morgan fingerprint density at radius 2 is 2.33 bits per heavy atom. The van der Waals surface area contributed by atoms with Crippen LogP contribution in [0.25, 0.3) is 0 Å². The molecular formula is C8H11FO3. The average Bonchev–Trinajstić information content (AvgIpc) is 2.44. The lowest BCUT2D eigenvalue weighted by molar-refractivity contribution is -0.150. The van der Waals surface area contributed by atoms with Crippen molar-refractivity contribution < 1.29 is 19.0 Å². The van der Waals surface area contributed by atoms with Gasteiger partial charge >= 0.3 is 5.97 Å². The molecule has 0 amide bonds. The monoisotopic (exact) mass is 174 g/mol. The van der Waals surface area contributed by atoms with E-state index in [0.717, 1.165) is 0 Å². The minimum absolute atomic E-state index is 0.292. The van der Waals surface area contributed by atoms with Crippen LogP contribution in [-0.4, -0.2) is 30.0 Å². The fourth-order valence-electron chi connectivity index (χ4n) is 2.36. The molecule has 12 heavy (non-hydrogen) atoms. The summed E-state index contributed by atoms with van der Waals surface area (Å²) in [5.41, 5.74) is -1.87. The van der Waals surface area contributed by atoms with Crippen LogP contribution in [0.3, 0.4) is 0 Å². The number of fused-ring (bicyclic) bond motifs is 1. The Hall–Kier alpha value is -0.640. The standard InChI is InChI=1S/C8H11FO3/c1-12-7(11)8(9)4-2-3-5(10)6(4)8/h4-6,10H,2-3H2,1H3/t4-,5-,6-,8-/m0/s1. The Balaban J connectivity index is 2.14. The first-order chi connectivity index (χ1) is 5.62. The lowest BCUT2D eigenvalue weighted by atomic mass is 10.1. The Morgan fingerprint density at radius 3 is 2.75 bits per heavy atom. The Labute approximate surface area is 69.5 Å². The van der Waals surface area contributed by atoms with Gasteiger partial charge in [0.2, 0.25) is 5.67 Å². The highest BCUT2D eigenvalue weighted by Crippen LogP contribution is 2.63. The maximum absolute atomic E-state index is 13.6.